The van der Waals surface area contributed by atoms with Crippen LogP contribution in [0.5, 0.6) is 0 Å². The second-order valence-electron chi connectivity index (χ2n) is 6.77. The first kappa shape index (κ1) is 22.0. The molecule has 2 aromatic carbocycles. The number of carbonyl (C=O) groups is 2. The molecule has 0 aliphatic carbocycles. The number of aryl methyl sites for hydroxylation is 1. The van der Waals surface area contributed by atoms with Crippen LogP contribution < -0.4 is 10.6 Å². The molecule has 2 aromatic rings. The molecule has 2 rings (SSSR count). The van der Waals surface area contributed by atoms with Gasteiger partial charge in [0.1, 0.15) is 5.69 Å². The van der Waals surface area contributed by atoms with E-state index in [1.165, 1.54) is 18.2 Å². The van der Waals surface area contributed by atoms with Gasteiger partial charge in [-0.05, 0) is 44.5 Å². The van der Waals surface area contributed by atoms with Crippen LogP contribution in [0.3, 0.4) is 0 Å². The largest absolute Gasteiger partial charge is 0.325 e. The molecule has 1 unspecified atom stereocenters. The van der Waals surface area contributed by atoms with Crippen LogP contribution in [0.4, 0.5) is 17.1 Å². The first-order chi connectivity index (χ1) is 13.8. The van der Waals surface area contributed by atoms with Gasteiger partial charge in [0.25, 0.3) is 5.69 Å². The summed E-state index contributed by atoms with van der Waals surface area (Å²) in [4.78, 5) is 37.5. The van der Waals surface area contributed by atoms with Crippen LogP contribution in [-0.2, 0) is 9.59 Å². The lowest BCUT2D eigenvalue weighted by atomic mass is 10.2. The summed E-state index contributed by atoms with van der Waals surface area (Å²) in [6.07, 6.45) is 0.751. The first-order valence-electron chi connectivity index (χ1n) is 9.47. The van der Waals surface area contributed by atoms with Crippen LogP contribution in [0, 0.1) is 17.0 Å². The Morgan fingerprint density at radius 3 is 2.31 bits per heavy atom. The highest BCUT2D eigenvalue weighted by Gasteiger charge is 2.25. The van der Waals surface area contributed by atoms with Crippen molar-refractivity contribution in [1.82, 2.24) is 4.90 Å². The molecule has 0 saturated carbocycles. The number of benzene rings is 2. The van der Waals surface area contributed by atoms with E-state index in [0.717, 1.165) is 17.7 Å². The van der Waals surface area contributed by atoms with Crippen LogP contribution in [-0.4, -0.2) is 40.8 Å². The van der Waals surface area contributed by atoms with E-state index in [1.807, 2.05) is 38.1 Å². The maximum absolute atomic E-state index is 12.7. The summed E-state index contributed by atoms with van der Waals surface area (Å²) < 4.78 is 0. The van der Waals surface area contributed by atoms with Crippen molar-refractivity contribution < 1.29 is 14.5 Å². The lowest BCUT2D eigenvalue weighted by molar-refractivity contribution is -0.383. The standard InChI is InChI=1S/C21H26N4O4/c1-4-13-24(14-20(26)22-17-10-6-5-9-15(17)2)16(3)21(27)23-18-11-7-8-12-19(18)25(28)29/h5-12,16H,4,13-14H2,1-3H3,(H,22,26)(H,23,27). The zero-order valence-corrected chi connectivity index (χ0v) is 16.8. The third-order valence-electron chi connectivity index (χ3n) is 4.56. The number of hydrogen-bond acceptors (Lipinski definition) is 5. The number of anilines is 2. The van der Waals surface area contributed by atoms with Gasteiger partial charge in [-0.3, -0.25) is 24.6 Å². The van der Waals surface area contributed by atoms with Crippen molar-refractivity contribution in [3.63, 3.8) is 0 Å². The molecule has 8 nitrogen and oxygen atoms in total. The van der Waals surface area contributed by atoms with Crippen LogP contribution in [0.15, 0.2) is 48.5 Å². The fourth-order valence-electron chi connectivity index (χ4n) is 2.93. The predicted octanol–water partition coefficient (Wildman–Crippen LogP) is 3.58. The minimum atomic E-state index is -0.641. The van der Waals surface area contributed by atoms with Crippen molar-refractivity contribution in [2.75, 3.05) is 23.7 Å². The Kier molecular flexibility index (Phi) is 7.85. The summed E-state index contributed by atoms with van der Waals surface area (Å²) in [5, 5.41) is 16.6. The van der Waals surface area contributed by atoms with E-state index < -0.39 is 16.9 Å². The SMILES string of the molecule is CCCN(CC(=O)Nc1ccccc1C)C(C)C(=O)Nc1ccccc1[N+](=O)[O-]. The van der Waals surface area contributed by atoms with Gasteiger partial charge < -0.3 is 10.6 Å². The van der Waals surface area contributed by atoms with Crippen LogP contribution in [0.1, 0.15) is 25.8 Å². The summed E-state index contributed by atoms with van der Waals surface area (Å²) >= 11 is 0. The highest BCUT2D eigenvalue weighted by molar-refractivity contribution is 5.97. The molecular weight excluding hydrogens is 372 g/mol. The number of nitrogens with one attached hydrogen (secondary N) is 2. The van der Waals surface area contributed by atoms with Crippen molar-refractivity contribution in [2.24, 2.45) is 0 Å². The lowest BCUT2D eigenvalue weighted by Gasteiger charge is -2.27. The first-order valence-corrected chi connectivity index (χ1v) is 9.47. The summed E-state index contributed by atoms with van der Waals surface area (Å²) in [6.45, 7) is 6.11. The molecule has 2 N–H and O–H groups in total. The van der Waals surface area contributed by atoms with E-state index >= 15 is 0 Å². The summed E-state index contributed by atoms with van der Waals surface area (Å²) in [5.74, 6) is -0.630. The molecular formula is C21H26N4O4. The van der Waals surface area contributed by atoms with E-state index in [-0.39, 0.29) is 23.8 Å². The third-order valence-corrected chi connectivity index (χ3v) is 4.56. The molecule has 0 aromatic heterocycles. The molecule has 0 spiro atoms. The molecule has 154 valence electrons. The van der Waals surface area contributed by atoms with Gasteiger partial charge in [-0.15, -0.1) is 0 Å². The van der Waals surface area contributed by atoms with Gasteiger partial charge in [0.15, 0.2) is 0 Å². The molecule has 0 aliphatic heterocycles. The fourth-order valence-corrected chi connectivity index (χ4v) is 2.93. The van der Waals surface area contributed by atoms with Crippen molar-refractivity contribution in [2.45, 2.75) is 33.2 Å². The monoisotopic (exact) mass is 398 g/mol. The molecule has 0 aliphatic rings. The summed E-state index contributed by atoms with van der Waals surface area (Å²) in [5.41, 5.74) is 1.64. The number of nitro groups is 1. The smallest absolute Gasteiger partial charge is 0.292 e. The number of rotatable bonds is 9. The van der Waals surface area contributed by atoms with Crippen LogP contribution in [0.2, 0.25) is 0 Å². The topological polar surface area (TPSA) is 105 Å². The Morgan fingerprint density at radius 2 is 1.69 bits per heavy atom. The Balaban J connectivity index is 2.07. The zero-order valence-electron chi connectivity index (χ0n) is 16.8. The van der Waals surface area contributed by atoms with E-state index in [4.69, 9.17) is 0 Å². The van der Waals surface area contributed by atoms with Gasteiger partial charge in [0, 0.05) is 11.8 Å². The molecule has 0 heterocycles. The average molecular weight is 398 g/mol. The molecule has 2 amide bonds. The zero-order chi connectivity index (χ0) is 21.4. The number of para-hydroxylation sites is 3. The van der Waals surface area contributed by atoms with Crippen molar-refractivity contribution >= 4 is 28.9 Å². The van der Waals surface area contributed by atoms with Gasteiger partial charge in [0.2, 0.25) is 11.8 Å². The molecule has 1 atom stereocenters. The second-order valence-corrected chi connectivity index (χ2v) is 6.77. The Labute approximate surface area is 170 Å². The van der Waals surface area contributed by atoms with Crippen molar-refractivity contribution in [3.05, 3.63) is 64.2 Å². The highest BCUT2D eigenvalue weighted by Crippen LogP contribution is 2.23. The van der Waals surface area contributed by atoms with Crippen molar-refractivity contribution in [3.8, 4) is 0 Å². The molecule has 8 heteroatoms. The normalized spacial score (nSPS) is 11.7. The fraction of sp³-hybridized carbons (Fsp3) is 0.333. The molecule has 0 bridgehead atoms. The average Bonchev–Trinajstić information content (AvgIpc) is 2.69. The second kappa shape index (κ2) is 10.3. The number of amides is 2. The van der Waals surface area contributed by atoms with E-state index in [1.54, 1.807) is 17.9 Å². The van der Waals surface area contributed by atoms with E-state index in [0.29, 0.717) is 6.54 Å². The van der Waals surface area contributed by atoms with Crippen molar-refractivity contribution in [1.29, 1.82) is 0 Å². The van der Waals surface area contributed by atoms with Gasteiger partial charge in [-0.25, -0.2) is 0 Å². The van der Waals surface area contributed by atoms with E-state index in [9.17, 15) is 19.7 Å². The third kappa shape index (κ3) is 6.11. The Morgan fingerprint density at radius 1 is 1.07 bits per heavy atom. The minimum Gasteiger partial charge on any atom is -0.325 e. The van der Waals surface area contributed by atoms with Crippen LogP contribution >= 0.6 is 0 Å². The van der Waals surface area contributed by atoms with Gasteiger partial charge >= 0.3 is 0 Å². The molecule has 0 saturated heterocycles. The summed E-state index contributed by atoms with van der Waals surface area (Å²) in [6, 6.07) is 12.8. The lowest BCUT2D eigenvalue weighted by Crippen LogP contribution is -2.46. The molecule has 0 radical (unpaired) electrons. The number of carbonyl (C=O) groups excluding carboxylic acids is 2. The molecule has 0 fully saturated rings. The van der Waals surface area contributed by atoms with Gasteiger partial charge in [-0.1, -0.05) is 37.3 Å². The predicted molar refractivity (Wildman–Crippen MR) is 113 cm³/mol. The Hall–Kier alpha value is -3.26. The summed E-state index contributed by atoms with van der Waals surface area (Å²) in [7, 11) is 0. The van der Waals surface area contributed by atoms with Gasteiger partial charge in [-0.2, -0.15) is 0 Å². The number of nitrogens with zero attached hydrogens (tertiary/aromatic N) is 2. The van der Waals surface area contributed by atoms with Gasteiger partial charge in [0.05, 0.1) is 17.5 Å². The highest BCUT2D eigenvalue weighted by atomic mass is 16.6. The maximum atomic E-state index is 12.7. The number of hydrogen-bond donors (Lipinski definition) is 2. The quantitative estimate of drug-likeness (QED) is 0.496. The maximum Gasteiger partial charge on any atom is 0.292 e. The number of nitro benzene ring substituents is 1. The van der Waals surface area contributed by atoms with E-state index in [2.05, 4.69) is 10.6 Å². The van der Waals surface area contributed by atoms with Crippen LogP contribution in [0.25, 0.3) is 0 Å². The minimum absolute atomic E-state index is 0.0354. The Bertz CT molecular complexity index is 884. The molecule has 29 heavy (non-hydrogen) atoms.